The van der Waals surface area contributed by atoms with Crippen molar-refractivity contribution in [3.8, 4) is 0 Å². The summed E-state index contributed by atoms with van der Waals surface area (Å²) in [6.07, 6.45) is -0.0505. The van der Waals surface area contributed by atoms with E-state index in [2.05, 4.69) is 0 Å². The van der Waals surface area contributed by atoms with Crippen molar-refractivity contribution in [2.45, 2.75) is 18.9 Å². The molecule has 0 bridgehead atoms. The van der Waals surface area contributed by atoms with Crippen molar-refractivity contribution in [3.63, 3.8) is 0 Å². The van der Waals surface area contributed by atoms with Crippen molar-refractivity contribution in [2.75, 3.05) is 0 Å². The molecule has 0 fully saturated rings. The van der Waals surface area contributed by atoms with Crippen LogP contribution in [0.5, 0.6) is 0 Å². The molecule has 0 heterocycles. The summed E-state index contributed by atoms with van der Waals surface area (Å²) in [4.78, 5) is 20.0. The normalized spacial score (nSPS) is 12.5. The SMILES string of the molecule is [NH]C(=O)CC[C@H](N)C(=O)O. The standard InChI is InChI=1S/C5H9N2O3/c6-3(5(9)10)1-2-4(7)8/h3,7H,1-2,6H2,(H,9,10)/t3-/m0/s1. The molecule has 1 amide bonds. The smallest absolute Gasteiger partial charge is 0.320 e. The van der Waals surface area contributed by atoms with Gasteiger partial charge in [0.15, 0.2) is 0 Å². The van der Waals surface area contributed by atoms with Gasteiger partial charge in [0, 0.05) is 6.42 Å². The van der Waals surface area contributed by atoms with E-state index in [9.17, 15) is 9.59 Å². The van der Waals surface area contributed by atoms with Gasteiger partial charge in [-0.1, -0.05) is 0 Å². The average Bonchev–Trinajstić information content (AvgIpc) is 1.82. The van der Waals surface area contributed by atoms with E-state index in [-0.39, 0.29) is 12.8 Å². The molecule has 10 heavy (non-hydrogen) atoms. The lowest BCUT2D eigenvalue weighted by atomic mass is 10.2. The highest BCUT2D eigenvalue weighted by Crippen LogP contribution is 1.93. The largest absolute Gasteiger partial charge is 0.480 e. The van der Waals surface area contributed by atoms with Crippen molar-refractivity contribution in [1.82, 2.24) is 5.73 Å². The molecule has 0 aliphatic rings. The van der Waals surface area contributed by atoms with Crippen LogP contribution in [0.2, 0.25) is 0 Å². The third-order valence-electron chi connectivity index (χ3n) is 1.000. The molecule has 0 aromatic carbocycles. The Morgan fingerprint density at radius 3 is 2.40 bits per heavy atom. The first-order valence-electron chi connectivity index (χ1n) is 2.77. The van der Waals surface area contributed by atoms with E-state index in [1.165, 1.54) is 0 Å². The predicted octanol–water partition coefficient (Wildman–Crippen LogP) is -1.01. The number of hydrogen-bond donors (Lipinski definition) is 2. The van der Waals surface area contributed by atoms with Gasteiger partial charge in [-0.25, -0.2) is 0 Å². The summed E-state index contributed by atoms with van der Waals surface area (Å²) in [6.45, 7) is 0. The van der Waals surface area contributed by atoms with Gasteiger partial charge in [0.2, 0.25) is 5.91 Å². The molecule has 0 aromatic rings. The van der Waals surface area contributed by atoms with Crippen LogP contribution in [0, 0.1) is 0 Å². The Balaban J connectivity index is 3.49. The molecule has 0 unspecified atom stereocenters. The Kier molecular flexibility index (Phi) is 3.42. The summed E-state index contributed by atoms with van der Waals surface area (Å²) >= 11 is 0. The van der Waals surface area contributed by atoms with Crippen LogP contribution in [0.3, 0.4) is 0 Å². The molecule has 0 saturated heterocycles. The first kappa shape index (κ1) is 8.90. The Morgan fingerprint density at radius 2 is 2.10 bits per heavy atom. The van der Waals surface area contributed by atoms with Gasteiger partial charge >= 0.3 is 5.97 Å². The Morgan fingerprint density at radius 1 is 1.60 bits per heavy atom. The van der Waals surface area contributed by atoms with Crippen molar-refractivity contribution in [1.29, 1.82) is 0 Å². The summed E-state index contributed by atoms with van der Waals surface area (Å²) in [5, 5.41) is 8.20. The number of nitrogens with two attached hydrogens (primary N) is 1. The number of amides is 1. The van der Waals surface area contributed by atoms with Gasteiger partial charge < -0.3 is 10.8 Å². The second-order valence-corrected chi connectivity index (χ2v) is 1.91. The quantitative estimate of drug-likeness (QED) is 0.528. The second kappa shape index (κ2) is 3.84. The van der Waals surface area contributed by atoms with Crippen LogP contribution < -0.4 is 11.5 Å². The van der Waals surface area contributed by atoms with Gasteiger partial charge in [-0.3, -0.25) is 15.3 Å². The highest BCUT2D eigenvalue weighted by atomic mass is 16.4. The zero-order valence-corrected chi connectivity index (χ0v) is 5.33. The molecule has 5 nitrogen and oxygen atoms in total. The van der Waals surface area contributed by atoms with Crippen molar-refractivity contribution in [3.05, 3.63) is 0 Å². The number of hydrogen-bond acceptors (Lipinski definition) is 3. The topological polar surface area (TPSA) is 104 Å². The average molecular weight is 145 g/mol. The van der Waals surface area contributed by atoms with Crippen LogP contribution >= 0.6 is 0 Å². The lowest BCUT2D eigenvalue weighted by Gasteiger charge is -2.01. The maximum absolute atomic E-state index is 10.0. The minimum Gasteiger partial charge on any atom is -0.480 e. The van der Waals surface area contributed by atoms with Gasteiger partial charge in [-0.05, 0) is 6.42 Å². The summed E-state index contributed by atoms with van der Waals surface area (Å²) in [6, 6.07) is -1.02. The number of carbonyl (C=O) groups excluding carboxylic acids is 1. The molecule has 0 spiro atoms. The minimum absolute atomic E-state index is 0.0394. The molecule has 0 saturated carbocycles. The van der Waals surface area contributed by atoms with E-state index in [0.29, 0.717) is 0 Å². The molecule has 0 aromatic heterocycles. The first-order valence-corrected chi connectivity index (χ1v) is 2.77. The van der Waals surface area contributed by atoms with Gasteiger partial charge in [0.25, 0.3) is 0 Å². The van der Waals surface area contributed by atoms with E-state index in [1.807, 2.05) is 0 Å². The number of carbonyl (C=O) groups is 2. The van der Waals surface area contributed by atoms with Crippen molar-refractivity contribution in [2.24, 2.45) is 5.73 Å². The van der Waals surface area contributed by atoms with Gasteiger partial charge in [0.1, 0.15) is 6.04 Å². The molecule has 5 heteroatoms. The molecule has 1 radical (unpaired) electrons. The fourth-order valence-electron chi connectivity index (χ4n) is 0.410. The Bertz CT molecular complexity index is 146. The maximum atomic E-state index is 10.0. The lowest BCUT2D eigenvalue weighted by Crippen LogP contribution is -2.30. The molecule has 0 rings (SSSR count). The highest BCUT2D eigenvalue weighted by molar-refractivity contribution is 5.76. The Labute approximate surface area is 58.0 Å². The van der Waals surface area contributed by atoms with E-state index >= 15 is 0 Å². The van der Waals surface area contributed by atoms with Crippen LogP contribution in [0.25, 0.3) is 0 Å². The van der Waals surface area contributed by atoms with E-state index in [1.54, 1.807) is 0 Å². The highest BCUT2D eigenvalue weighted by Gasteiger charge is 2.11. The molecule has 0 aliphatic heterocycles. The maximum Gasteiger partial charge on any atom is 0.320 e. The van der Waals surface area contributed by atoms with E-state index in [0.717, 1.165) is 0 Å². The lowest BCUT2D eigenvalue weighted by molar-refractivity contribution is -0.138. The summed E-state index contributed by atoms with van der Waals surface area (Å²) < 4.78 is 0. The molecule has 1 atom stereocenters. The fraction of sp³-hybridized carbons (Fsp3) is 0.600. The second-order valence-electron chi connectivity index (χ2n) is 1.91. The molecular weight excluding hydrogens is 136 g/mol. The van der Waals surface area contributed by atoms with Crippen LogP contribution in [0.1, 0.15) is 12.8 Å². The first-order chi connectivity index (χ1) is 4.54. The Hall–Kier alpha value is -1.10. The zero-order valence-electron chi connectivity index (χ0n) is 5.33. The van der Waals surface area contributed by atoms with E-state index < -0.39 is 17.9 Å². The number of rotatable bonds is 4. The monoisotopic (exact) mass is 145 g/mol. The molecule has 4 N–H and O–H groups in total. The van der Waals surface area contributed by atoms with Gasteiger partial charge in [-0.15, -0.1) is 0 Å². The minimum atomic E-state index is -1.14. The number of aliphatic carboxylic acids is 1. The summed E-state index contributed by atoms with van der Waals surface area (Å²) in [7, 11) is 0. The number of carboxylic acid groups (broad SMARTS) is 1. The van der Waals surface area contributed by atoms with Gasteiger partial charge in [0.05, 0.1) is 0 Å². The number of nitrogens with one attached hydrogen (secondary N) is 1. The molecule has 0 aliphatic carbocycles. The van der Waals surface area contributed by atoms with Crippen LogP contribution in [0.15, 0.2) is 0 Å². The van der Waals surface area contributed by atoms with E-state index in [4.69, 9.17) is 16.6 Å². The fourth-order valence-corrected chi connectivity index (χ4v) is 0.410. The molecule has 57 valence electrons. The molecular formula is C5H9N2O3. The number of carboxylic acids is 1. The predicted molar refractivity (Wildman–Crippen MR) is 32.9 cm³/mol. The van der Waals surface area contributed by atoms with Crippen LogP contribution in [-0.4, -0.2) is 23.0 Å². The van der Waals surface area contributed by atoms with Crippen LogP contribution in [0.4, 0.5) is 0 Å². The van der Waals surface area contributed by atoms with Crippen molar-refractivity contribution >= 4 is 11.9 Å². The summed E-state index contributed by atoms with van der Waals surface area (Å²) in [5.74, 6) is -1.92. The third-order valence-corrected chi connectivity index (χ3v) is 1.000. The van der Waals surface area contributed by atoms with Crippen LogP contribution in [-0.2, 0) is 9.59 Å². The zero-order chi connectivity index (χ0) is 8.15. The summed E-state index contributed by atoms with van der Waals surface area (Å²) in [5.41, 5.74) is 11.5. The van der Waals surface area contributed by atoms with Crippen molar-refractivity contribution < 1.29 is 14.7 Å². The van der Waals surface area contributed by atoms with Gasteiger partial charge in [-0.2, -0.15) is 0 Å². The third kappa shape index (κ3) is 3.85.